The Morgan fingerprint density at radius 3 is 2.51 bits per heavy atom. The van der Waals surface area contributed by atoms with Gasteiger partial charge in [0.1, 0.15) is 5.82 Å². The number of hydrogen-bond donors (Lipinski definition) is 2. The Bertz CT molecular complexity index is 1290. The highest BCUT2D eigenvalue weighted by atomic mass is 16.5. The fourth-order valence-electron chi connectivity index (χ4n) is 3.62. The molecular weight excluding hydrogens is 440 g/mol. The Labute approximate surface area is 204 Å². The summed E-state index contributed by atoms with van der Waals surface area (Å²) in [6.07, 6.45) is 4.05. The molecule has 0 saturated carbocycles. The Balaban J connectivity index is 1.52. The molecule has 4 rings (SSSR count). The van der Waals surface area contributed by atoms with Crippen molar-refractivity contribution >= 4 is 17.7 Å². The van der Waals surface area contributed by atoms with Gasteiger partial charge in [0.05, 0.1) is 23.9 Å². The maximum Gasteiger partial charge on any atom is 0.337 e. The van der Waals surface area contributed by atoms with Crippen molar-refractivity contribution in [3.05, 3.63) is 114 Å². The van der Waals surface area contributed by atoms with Gasteiger partial charge in [-0.05, 0) is 47.9 Å². The number of carbonyl (C=O) groups is 2. The van der Waals surface area contributed by atoms with E-state index in [9.17, 15) is 9.59 Å². The van der Waals surface area contributed by atoms with Crippen LogP contribution in [0.5, 0.6) is 0 Å². The molecule has 4 aromatic rings. The lowest BCUT2D eigenvalue weighted by Crippen LogP contribution is -2.24. The molecule has 2 N–H and O–H groups in total. The van der Waals surface area contributed by atoms with E-state index < -0.39 is 0 Å². The predicted octanol–water partition coefficient (Wildman–Crippen LogP) is 4.51. The average molecular weight is 467 g/mol. The largest absolute Gasteiger partial charge is 0.465 e. The smallest absolute Gasteiger partial charge is 0.337 e. The van der Waals surface area contributed by atoms with Crippen LogP contribution in [-0.2, 0) is 17.7 Å². The van der Waals surface area contributed by atoms with Gasteiger partial charge in [0.2, 0.25) is 0 Å². The van der Waals surface area contributed by atoms with Crippen LogP contribution in [0.25, 0.3) is 11.3 Å². The van der Waals surface area contributed by atoms with E-state index in [-0.39, 0.29) is 11.9 Å². The van der Waals surface area contributed by atoms with Crippen LogP contribution < -0.4 is 10.6 Å². The zero-order valence-electron chi connectivity index (χ0n) is 19.4. The first-order valence-electron chi connectivity index (χ1n) is 11.3. The molecule has 0 spiro atoms. The van der Waals surface area contributed by atoms with Gasteiger partial charge in [-0.1, -0.05) is 48.5 Å². The quantitative estimate of drug-likeness (QED) is 0.353. The van der Waals surface area contributed by atoms with Crippen LogP contribution in [-0.4, -0.2) is 35.5 Å². The van der Waals surface area contributed by atoms with Crippen LogP contribution in [0.4, 0.5) is 5.82 Å². The van der Waals surface area contributed by atoms with Crippen LogP contribution in [0, 0.1) is 0 Å². The summed E-state index contributed by atoms with van der Waals surface area (Å²) in [6.45, 7) is 0.894. The van der Waals surface area contributed by atoms with Gasteiger partial charge in [-0.3, -0.25) is 9.78 Å². The fourth-order valence-corrected chi connectivity index (χ4v) is 3.62. The van der Waals surface area contributed by atoms with Crippen LogP contribution in [0.15, 0.2) is 91.3 Å². The van der Waals surface area contributed by atoms with Gasteiger partial charge in [0.25, 0.3) is 5.91 Å². The first kappa shape index (κ1) is 23.6. The lowest BCUT2D eigenvalue weighted by molar-refractivity contribution is 0.0600. The number of nitrogens with zero attached hydrogens (tertiary/aromatic N) is 2. The van der Waals surface area contributed by atoms with Gasteiger partial charge in [0, 0.05) is 31.0 Å². The molecule has 0 unspecified atom stereocenters. The maximum absolute atomic E-state index is 13.0. The highest BCUT2D eigenvalue weighted by Crippen LogP contribution is 2.22. The van der Waals surface area contributed by atoms with E-state index in [0.29, 0.717) is 36.5 Å². The summed E-state index contributed by atoms with van der Waals surface area (Å²) >= 11 is 0. The summed E-state index contributed by atoms with van der Waals surface area (Å²) in [5.74, 6) is -0.0973. The second kappa shape index (κ2) is 11.6. The number of benzene rings is 2. The lowest BCUT2D eigenvalue weighted by atomic mass is 10.1. The standard InChI is InChI=1S/C28H26N4O3/c1-35-28(34)23-11-5-7-20(17-23)14-16-30-26-24(27(33)31-19-21-8-6-15-29-18-21)12-13-25(32-26)22-9-3-2-4-10-22/h2-13,15,17-18H,14,16,19H2,1H3,(H,30,32)(H,31,33). The lowest BCUT2D eigenvalue weighted by Gasteiger charge is -2.14. The van der Waals surface area contributed by atoms with Crippen molar-refractivity contribution in [2.45, 2.75) is 13.0 Å². The molecular formula is C28H26N4O3. The van der Waals surface area contributed by atoms with Gasteiger partial charge in [-0.25, -0.2) is 9.78 Å². The molecule has 176 valence electrons. The van der Waals surface area contributed by atoms with E-state index in [1.165, 1.54) is 7.11 Å². The Hall–Kier alpha value is -4.52. The molecule has 1 amide bonds. The predicted molar refractivity (Wildman–Crippen MR) is 135 cm³/mol. The molecule has 0 radical (unpaired) electrons. The Morgan fingerprint density at radius 1 is 0.914 bits per heavy atom. The molecule has 0 aliphatic rings. The maximum atomic E-state index is 13.0. The number of hydrogen-bond acceptors (Lipinski definition) is 6. The molecule has 35 heavy (non-hydrogen) atoms. The molecule has 2 aromatic carbocycles. The van der Waals surface area contributed by atoms with Gasteiger partial charge in [0.15, 0.2) is 0 Å². The summed E-state index contributed by atoms with van der Waals surface area (Å²) in [6, 6.07) is 24.5. The van der Waals surface area contributed by atoms with Crippen LogP contribution in [0.3, 0.4) is 0 Å². The average Bonchev–Trinajstić information content (AvgIpc) is 2.92. The molecule has 0 aliphatic heterocycles. The van der Waals surface area contributed by atoms with Gasteiger partial charge < -0.3 is 15.4 Å². The number of aromatic nitrogens is 2. The number of carbonyl (C=O) groups excluding carboxylic acids is 2. The highest BCUT2D eigenvalue weighted by molar-refractivity contribution is 5.99. The zero-order valence-corrected chi connectivity index (χ0v) is 19.4. The van der Waals surface area contributed by atoms with Crippen molar-refractivity contribution < 1.29 is 14.3 Å². The molecule has 0 aliphatic carbocycles. The normalized spacial score (nSPS) is 10.4. The van der Waals surface area contributed by atoms with E-state index in [1.54, 1.807) is 24.5 Å². The minimum atomic E-state index is -0.371. The highest BCUT2D eigenvalue weighted by Gasteiger charge is 2.15. The zero-order chi connectivity index (χ0) is 24.5. The molecule has 2 aromatic heterocycles. The number of nitrogens with one attached hydrogen (secondary N) is 2. The third-order valence-corrected chi connectivity index (χ3v) is 5.44. The minimum Gasteiger partial charge on any atom is -0.465 e. The SMILES string of the molecule is COC(=O)c1cccc(CCNc2nc(-c3ccccc3)ccc2C(=O)NCc2cccnc2)c1. The number of anilines is 1. The molecule has 7 nitrogen and oxygen atoms in total. The van der Waals surface area contributed by atoms with Crippen molar-refractivity contribution in [1.82, 2.24) is 15.3 Å². The number of esters is 1. The minimum absolute atomic E-state index is 0.226. The first-order valence-corrected chi connectivity index (χ1v) is 11.3. The van der Waals surface area contributed by atoms with Crippen molar-refractivity contribution in [3.8, 4) is 11.3 Å². The molecule has 2 heterocycles. The summed E-state index contributed by atoms with van der Waals surface area (Å²) < 4.78 is 4.80. The summed E-state index contributed by atoms with van der Waals surface area (Å²) in [5.41, 5.74) is 4.58. The second-order valence-electron chi connectivity index (χ2n) is 7.87. The second-order valence-corrected chi connectivity index (χ2v) is 7.87. The topological polar surface area (TPSA) is 93.2 Å². The summed E-state index contributed by atoms with van der Waals surface area (Å²) in [7, 11) is 1.36. The Morgan fingerprint density at radius 2 is 1.74 bits per heavy atom. The van der Waals surface area contributed by atoms with E-state index in [1.807, 2.05) is 66.7 Å². The van der Waals surface area contributed by atoms with E-state index in [2.05, 4.69) is 15.6 Å². The van der Waals surface area contributed by atoms with Crippen molar-refractivity contribution in [3.63, 3.8) is 0 Å². The van der Waals surface area contributed by atoms with Crippen molar-refractivity contribution in [2.75, 3.05) is 19.0 Å². The number of methoxy groups -OCH3 is 1. The number of pyridine rings is 2. The van der Waals surface area contributed by atoms with Gasteiger partial charge in [-0.15, -0.1) is 0 Å². The van der Waals surface area contributed by atoms with E-state index in [0.717, 1.165) is 22.4 Å². The van der Waals surface area contributed by atoms with Crippen LogP contribution in [0.2, 0.25) is 0 Å². The number of amides is 1. The third kappa shape index (κ3) is 6.29. The molecule has 0 atom stereocenters. The number of ether oxygens (including phenoxy) is 1. The summed E-state index contributed by atoms with van der Waals surface area (Å²) in [4.78, 5) is 33.7. The van der Waals surface area contributed by atoms with Crippen molar-refractivity contribution in [2.24, 2.45) is 0 Å². The van der Waals surface area contributed by atoms with Crippen LogP contribution in [0.1, 0.15) is 31.8 Å². The first-order chi connectivity index (χ1) is 17.1. The van der Waals surface area contributed by atoms with Crippen molar-refractivity contribution in [1.29, 1.82) is 0 Å². The van der Waals surface area contributed by atoms with Crippen LogP contribution >= 0.6 is 0 Å². The molecule has 7 heteroatoms. The number of rotatable bonds is 9. The monoisotopic (exact) mass is 466 g/mol. The van der Waals surface area contributed by atoms with Gasteiger partial charge in [-0.2, -0.15) is 0 Å². The molecule has 0 saturated heterocycles. The van der Waals surface area contributed by atoms with Gasteiger partial charge >= 0.3 is 5.97 Å². The third-order valence-electron chi connectivity index (χ3n) is 5.44. The Kier molecular flexibility index (Phi) is 7.81. The fraction of sp³-hybridized carbons (Fsp3) is 0.143. The molecule has 0 fully saturated rings. The van der Waals surface area contributed by atoms with E-state index in [4.69, 9.17) is 9.72 Å². The molecule has 0 bridgehead atoms. The summed E-state index contributed by atoms with van der Waals surface area (Å²) in [5, 5.41) is 6.25. The van der Waals surface area contributed by atoms with E-state index >= 15 is 0 Å².